The number of aryl methyl sites for hydroxylation is 1. The summed E-state index contributed by atoms with van der Waals surface area (Å²) < 4.78 is 0. The first-order chi connectivity index (χ1) is 8.49. The van der Waals surface area contributed by atoms with E-state index < -0.39 is 5.60 Å². The third kappa shape index (κ3) is 2.98. The second kappa shape index (κ2) is 5.22. The van der Waals surface area contributed by atoms with Crippen LogP contribution in [0.4, 0.5) is 0 Å². The van der Waals surface area contributed by atoms with E-state index in [2.05, 4.69) is 5.32 Å². The Kier molecular flexibility index (Phi) is 3.85. The summed E-state index contributed by atoms with van der Waals surface area (Å²) in [4.78, 5) is 13.6. The number of amides is 1. The molecule has 2 N–H and O–H groups in total. The van der Waals surface area contributed by atoms with Crippen LogP contribution in [0.15, 0.2) is 29.0 Å². The summed E-state index contributed by atoms with van der Waals surface area (Å²) in [6.45, 7) is 3.87. The molecule has 2 aromatic rings. The van der Waals surface area contributed by atoms with Crippen LogP contribution in [-0.4, -0.2) is 17.6 Å². The van der Waals surface area contributed by atoms with Crippen molar-refractivity contribution in [2.45, 2.75) is 19.4 Å². The third-order valence-electron chi connectivity index (χ3n) is 2.70. The van der Waals surface area contributed by atoms with Gasteiger partial charge in [-0.1, -0.05) is 0 Å². The monoisotopic (exact) mass is 281 g/mol. The SMILES string of the molecule is Cc1ccc(C(=O)NCC(C)(O)c2ccsc2)s1. The number of carbonyl (C=O) groups excluding carboxylic acids is 1. The van der Waals surface area contributed by atoms with Gasteiger partial charge in [-0.2, -0.15) is 11.3 Å². The van der Waals surface area contributed by atoms with E-state index in [0.717, 1.165) is 10.4 Å². The summed E-state index contributed by atoms with van der Waals surface area (Å²) in [6, 6.07) is 5.58. The first kappa shape index (κ1) is 13.3. The maximum atomic E-state index is 11.9. The zero-order chi connectivity index (χ0) is 13.2. The minimum atomic E-state index is -1.03. The van der Waals surface area contributed by atoms with Crippen LogP contribution in [0.5, 0.6) is 0 Å². The fourth-order valence-electron chi connectivity index (χ4n) is 1.57. The lowest BCUT2D eigenvalue weighted by atomic mass is 9.99. The molecule has 0 aliphatic carbocycles. The van der Waals surface area contributed by atoms with Crippen molar-refractivity contribution in [3.63, 3.8) is 0 Å². The molecule has 0 fully saturated rings. The zero-order valence-electron chi connectivity index (χ0n) is 10.3. The maximum absolute atomic E-state index is 11.9. The van der Waals surface area contributed by atoms with Gasteiger partial charge in [-0.3, -0.25) is 4.79 Å². The summed E-state index contributed by atoms with van der Waals surface area (Å²) in [5.41, 5.74) is -0.197. The predicted molar refractivity (Wildman–Crippen MR) is 75.3 cm³/mol. The highest BCUT2D eigenvalue weighted by Crippen LogP contribution is 2.22. The number of rotatable bonds is 4. The summed E-state index contributed by atoms with van der Waals surface area (Å²) in [6.07, 6.45) is 0. The Morgan fingerprint density at radius 3 is 2.78 bits per heavy atom. The molecule has 1 amide bonds. The molecule has 0 aliphatic rings. The van der Waals surface area contributed by atoms with E-state index in [4.69, 9.17) is 0 Å². The van der Waals surface area contributed by atoms with E-state index >= 15 is 0 Å². The molecule has 0 radical (unpaired) electrons. The van der Waals surface area contributed by atoms with Gasteiger partial charge in [0.15, 0.2) is 0 Å². The van der Waals surface area contributed by atoms with Crippen LogP contribution >= 0.6 is 22.7 Å². The molecule has 2 rings (SSSR count). The molecule has 0 saturated carbocycles. The Balaban J connectivity index is 1.98. The molecule has 1 atom stereocenters. The molecule has 18 heavy (non-hydrogen) atoms. The lowest BCUT2D eigenvalue weighted by molar-refractivity contribution is 0.0531. The van der Waals surface area contributed by atoms with Gasteiger partial charge in [0.05, 0.1) is 11.4 Å². The Labute approximate surface area is 114 Å². The van der Waals surface area contributed by atoms with E-state index in [1.165, 1.54) is 22.7 Å². The van der Waals surface area contributed by atoms with Gasteiger partial charge < -0.3 is 10.4 Å². The predicted octanol–water partition coefficient (Wildman–Crippen LogP) is 2.76. The van der Waals surface area contributed by atoms with E-state index in [1.54, 1.807) is 13.0 Å². The summed E-state index contributed by atoms with van der Waals surface area (Å²) in [5, 5.41) is 16.8. The molecule has 2 aromatic heterocycles. The van der Waals surface area contributed by atoms with Gasteiger partial charge in [0.2, 0.25) is 0 Å². The Morgan fingerprint density at radius 1 is 1.44 bits per heavy atom. The van der Waals surface area contributed by atoms with Gasteiger partial charge in [0.25, 0.3) is 5.91 Å². The third-order valence-corrected chi connectivity index (χ3v) is 4.38. The Hall–Kier alpha value is -1.17. The lowest BCUT2D eigenvalue weighted by Crippen LogP contribution is -2.38. The van der Waals surface area contributed by atoms with Crippen molar-refractivity contribution in [3.05, 3.63) is 44.3 Å². The van der Waals surface area contributed by atoms with Gasteiger partial charge in [0.1, 0.15) is 5.60 Å². The molecule has 1 unspecified atom stereocenters. The van der Waals surface area contributed by atoms with Gasteiger partial charge in [-0.15, -0.1) is 11.3 Å². The fourth-order valence-corrected chi connectivity index (χ4v) is 3.14. The van der Waals surface area contributed by atoms with Crippen LogP contribution < -0.4 is 5.32 Å². The molecule has 5 heteroatoms. The van der Waals surface area contributed by atoms with E-state index in [0.29, 0.717) is 4.88 Å². The van der Waals surface area contributed by atoms with Crippen molar-refractivity contribution in [2.24, 2.45) is 0 Å². The van der Waals surface area contributed by atoms with Gasteiger partial charge in [0, 0.05) is 4.88 Å². The molecule has 0 spiro atoms. The number of nitrogens with one attached hydrogen (secondary N) is 1. The largest absolute Gasteiger partial charge is 0.384 e. The highest BCUT2D eigenvalue weighted by molar-refractivity contribution is 7.13. The van der Waals surface area contributed by atoms with E-state index in [9.17, 15) is 9.90 Å². The fraction of sp³-hybridized carbons (Fsp3) is 0.308. The molecular weight excluding hydrogens is 266 g/mol. The second-order valence-corrected chi connectivity index (χ2v) is 6.45. The summed E-state index contributed by atoms with van der Waals surface area (Å²) in [7, 11) is 0. The standard InChI is InChI=1S/C13H15NO2S2/c1-9-3-4-11(18-9)12(15)14-8-13(2,16)10-5-6-17-7-10/h3-7,16H,8H2,1-2H3,(H,14,15). The topological polar surface area (TPSA) is 49.3 Å². The first-order valence-corrected chi connectivity index (χ1v) is 7.35. The van der Waals surface area contributed by atoms with E-state index in [1.807, 2.05) is 29.8 Å². The number of aliphatic hydroxyl groups is 1. The van der Waals surface area contributed by atoms with Gasteiger partial charge >= 0.3 is 0 Å². The maximum Gasteiger partial charge on any atom is 0.261 e. The second-order valence-electron chi connectivity index (χ2n) is 4.38. The van der Waals surface area contributed by atoms with Crippen LogP contribution in [0.3, 0.4) is 0 Å². The van der Waals surface area contributed by atoms with E-state index in [-0.39, 0.29) is 12.5 Å². The van der Waals surface area contributed by atoms with Crippen molar-refractivity contribution in [2.75, 3.05) is 6.54 Å². The van der Waals surface area contributed by atoms with Crippen LogP contribution in [0.2, 0.25) is 0 Å². The molecular formula is C13H15NO2S2. The smallest absolute Gasteiger partial charge is 0.261 e. The molecule has 96 valence electrons. The van der Waals surface area contributed by atoms with Crippen LogP contribution in [0.25, 0.3) is 0 Å². The van der Waals surface area contributed by atoms with Gasteiger partial charge in [-0.25, -0.2) is 0 Å². The normalized spacial score (nSPS) is 14.2. The minimum Gasteiger partial charge on any atom is -0.384 e. The van der Waals surface area contributed by atoms with Crippen molar-refractivity contribution in [3.8, 4) is 0 Å². The van der Waals surface area contributed by atoms with Crippen molar-refractivity contribution < 1.29 is 9.90 Å². The van der Waals surface area contributed by atoms with Crippen molar-refractivity contribution >= 4 is 28.6 Å². The van der Waals surface area contributed by atoms with Crippen LogP contribution in [0.1, 0.15) is 27.0 Å². The molecule has 0 aromatic carbocycles. The summed E-state index contributed by atoms with van der Waals surface area (Å²) in [5.74, 6) is -0.136. The Morgan fingerprint density at radius 2 is 2.22 bits per heavy atom. The number of hydrogen-bond donors (Lipinski definition) is 2. The van der Waals surface area contributed by atoms with Crippen molar-refractivity contribution in [1.82, 2.24) is 5.32 Å². The molecule has 0 bridgehead atoms. The molecule has 0 saturated heterocycles. The number of hydrogen-bond acceptors (Lipinski definition) is 4. The zero-order valence-corrected chi connectivity index (χ0v) is 11.9. The lowest BCUT2D eigenvalue weighted by Gasteiger charge is -2.22. The molecule has 3 nitrogen and oxygen atoms in total. The van der Waals surface area contributed by atoms with Crippen molar-refractivity contribution in [1.29, 1.82) is 0 Å². The highest BCUT2D eigenvalue weighted by Gasteiger charge is 2.24. The van der Waals surface area contributed by atoms with Gasteiger partial charge in [-0.05, 0) is 48.4 Å². The molecule has 2 heterocycles. The quantitative estimate of drug-likeness (QED) is 0.905. The first-order valence-electron chi connectivity index (χ1n) is 5.59. The minimum absolute atomic E-state index is 0.136. The average Bonchev–Trinajstić information content (AvgIpc) is 2.96. The van der Waals surface area contributed by atoms with Crippen LogP contribution in [0, 0.1) is 6.92 Å². The Bertz CT molecular complexity index is 529. The average molecular weight is 281 g/mol. The molecule has 0 aliphatic heterocycles. The number of thiophene rings is 2. The number of carbonyl (C=O) groups is 1. The van der Waals surface area contributed by atoms with Crippen LogP contribution in [-0.2, 0) is 5.60 Å². The highest BCUT2D eigenvalue weighted by atomic mass is 32.1. The summed E-state index contributed by atoms with van der Waals surface area (Å²) >= 11 is 2.98.